The van der Waals surface area contributed by atoms with E-state index in [1.54, 1.807) is 24.3 Å². The molecule has 0 spiro atoms. The van der Waals surface area contributed by atoms with Crippen molar-refractivity contribution >= 4 is 17.7 Å². The number of nitrogens with two attached hydrogens (primary N) is 2. The number of carbonyl (C=O) groups is 3. The minimum absolute atomic E-state index is 0.263. The summed E-state index contributed by atoms with van der Waals surface area (Å²) >= 11 is 0. The third-order valence-corrected chi connectivity index (χ3v) is 7.23. The van der Waals surface area contributed by atoms with Crippen molar-refractivity contribution in [2.24, 2.45) is 11.5 Å². The molecule has 8 heteroatoms. The molecule has 0 aliphatic carbocycles. The normalized spacial score (nSPS) is 12.1. The number of rotatable bonds is 14. The lowest BCUT2D eigenvalue weighted by Gasteiger charge is -2.24. The summed E-state index contributed by atoms with van der Waals surface area (Å²) in [6.07, 6.45) is 0.577. The maximum Gasteiger partial charge on any atom is 0.249 e. The van der Waals surface area contributed by atoms with Crippen LogP contribution in [0.3, 0.4) is 0 Å². The lowest BCUT2D eigenvalue weighted by molar-refractivity contribution is -0.129. The Balaban J connectivity index is 1.60. The molecule has 0 aliphatic rings. The second-order valence-corrected chi connectivity index (χ2v) is 10.3. The third-order valence-electron chi connectivity index (χ3n) is 7.23. The highest BCUT2D eigenvalue weighted by Crippen LogP contribution is 2.26. The van der Waals surface area contributed by atoms with E-state index in [1.807, 2.05) is 85.8 Å². The van der Waals surface area contributed by atoms with Crippen LogP contribution in [0, 0.1) is 0 Å². The second kappa shape index (κ2) is 15.3. The van der Waals surface area contributed by atoms with Gasteiger partial charge in [0.2, 0.25) is 17.7 Å². The number of hydrogen-bond acceptors (Lipinski definition) is 5. The van der Waals surface area contributed by atoms with Crippen LogP contribution in [0.5, 0.6) is 5.75 Å². The Labute approximate surface area is 252 Å². The molecule has 0 aromatic heterocycles. The van der Waals surface area contributed by atoms with Gasteiger partial charge in [-0.25, -0.2) is 0 Å². The van der Waals surface area contributed by atoms with Gasteiger partial charge in [-0.3, -0.25) is 14.4 Å². The van der Waals surface area contributed by atoms with Crippen LogP contribution < -0.4 is 26.8 Å². The molecular weight excluding hydrogens is 540 g/mol. The molecule has 4 rings (SSSR count). The van der Waals surface area contributed by atoms with Gasteiger partial charge in [0.1, 0.15) is 11.8 Å². The van der Waals surface area contributed by atoms with Crippen molar-refractivity contribution in [3.05, 3.63) is 137 Å². The molecule has 8 nitrogen and oxygen atoms in total. The lowest BCUT2D eigenvalue weighted by Crippen LogP contribution is -2.49. The van der Waals surface area contributed by atoms with Gasteiger partial charge in [0.05, 0.1) is 12.5 Å². The van der Waals surface area contributed by atoms with E-state index in [0.29, 0.717) is 25.3 Å². The van der Waals surface area contributed by atoms with Gasteiger partial charge in [-0.05, 0) is 59.4 Å². The molecule has 0 aliphatic heterocycles. The van der Waals surface area contributed by atoms with Crippen LogP contribution in [0.15, 0.2) is 103 Å². The molecular formula is C35H38N4O4. The molecule has 0 radical (unpaired) electrons. The van der Waals surface area contributed by atoms with Gasteiger partial charge in [-0.2, -0.15) is 0 Å². The van der Waals surface area contributed by atoms with Crippen LogP contribution in [0.2, 0.25) is 0 Å². The fourth-order valence-electron chi connectivity index (χ4n) is 4.93. The van der Waals surface area contributed by atoms with Crippen LogP contribution in [0.25, 0.3) is 0 Å². The topological polar surface area (TPSA) is 137 Å². The standard InChI is InChI=1S/C35H38N4O4/c1-2-43-28-18-16-25(17-19-28)20-31(29-10-6-7-11-30(29)33(37)40)34(41)39-32(21-24-8-4-3-5-9-24)35(42)38-23-27-14-12-26(22-36)13-15-27/h3-19,31-32H,2,20-23,36H2,1H3,(H2,37,40)(H,38,42)(H,39,41)/t31-,32+/m1/s1. The van der Waals surface area contributed by atoms with E-state index in [9.17, 15) is 14.4 Å². The fraction of sp³-hybridized carbons (Fsp3) is 0.229. The SMILES string of the molecule is CCOc1ccc(C[C@@H](C(=O)N[C@@H](Cc2ccccc2)C(=O)NCc2ccc(CN)cc2)c2ccccc2C(N)=O)cc1. The number of hydrogen-bond donors (Lipinski definition) is 4. The van der Waals surface area contributed by atoms with E-state index >= 15 is 0 Å². The largest absolute Gasteiger partial charge is 0.494 e. The number of nitrogens with one attached hydrogen (secondary N) is 2. The first-order valence-electron chi connectivity index (χ1n) is 14.4. The summed E-state index contributed by atoms with van der Waals surface area (Å²) in [5.74, 6) is -1.38. The molecule has 2 atom stereocenters. The predicted molar refractivity (Wildman–Crippen MR) is 167 cm³/mol. The smallest absolute Gasteiger partial charge is 0.249 e. The molecule has 222 valence electrons. The monoisotopic (exact) mass is 578 g/mol. The van der Waals surface area contributed by atoms with Crippen molar-refractivity contribution in [2.75, 3.05) is 6.61 Å². The van der Waals surface area contributed by atoms with E-state index < -0.39 is 17.9 Å². The van der Waals surface area contributed by atoms with E-state index in [-0.39, 0.29) is 30.2 Å². The zero-order valence-electron chi connectivity index (χ0n) is 24.3. The molecule has 6 N–H and O–H groups in total. The molecule has 0 heterocycles. The summed E-state index contributed by atoms with van der Waals surface area (Å²) in [5.41, 5.74) is 15.9. The average Bonchev–Trinajstić information content (AvgIpc) is 3.03. The summed E-state index contributed by atoms with van der Waals surface area (Å²) in [6.45, 7) is 3.19. The van der Waals surface area contributed by atoms with Crippen LogP contribution in [0.1, 0.15) is 51.0 Å². The van der Waals surface area contributed by atoms with Crippen molar-refractivity contribution in [3.63, 3.8) is 0 Å². The summed E-state index contributed by atoms with van der Waals surface area (Å²) in [6, 6.07) is 30.6. The average molecular weight is 579 g/mol. The number of ether oxygens (including phenoxy) is 1. The Bertz CT molecular complexity index is 1510. The van der Waals surface area contributed by atoms with Gasteiger partial charge in [-0.1, -0.05) is 84.9 Å². The van der Waals surface area contributed by atoms with Crippen LogP contribution in [-0.4, -0.2) is 30.4 Å². The Kier molecular flexibility index (Phi) is 11.0. The molecule has 43 heavy (non-hydrogen) atoms. The van der Waals surface area contributed by atoms with Crippen LogP contribution >= 0.6 is 0 Å². The van der Waals surface area contributed by atoms with Crippen molar-refractivity contribution < 1.29 is 19.1 Å². The highest BCUT2D eigenvalue weighted by molar-refractivity contribution is 5.98. The highest BCUT2D eigenvalue weighted by atomic mass is 16.5. The first-order chi connectivity index (χ1) is 20.9. The van der Waals surface area contributed by atoms with E-state index in [4.69, 9.17) is 16.2 Å². The number of amides is 3. The number of benzene rings is 4. The summed E-state index contributed by atoms with van der Waals surface area (Å²) in [7, 11) is 0. The molecule has 4 aromatic rings. The van der Waals surface area contributed by atoms with Gasteiger partial charge >= 0.3 is 0 Å². The van der Waals surface area contributed by atoms with Gasteiger partial charge in [-0.15, -0.1) is 0 Å². The van der Waals surface area contributed by atoms with Crippen LogP contribution in [0.4, 0.5) is 0 Å². The predicted octanol–water partition coefficient (Wildman–Crippen LogP) is 4.01. The van der Waals surface area contributed by atoms with E-state index in [0.717, 1.165) is 28.0 Å². The van der Waals surface area contributed by atoms with Gasteiger partial charge in [0.25, 0.3) is 0 Å². The molecule has 0 unspecified atom stereocenters. The molecule has 0 fully saturated rings. The third kappa shape index (κ3) is 8.77. The Morgan fingerprint density at radius 3 is 1.98 bits per heavy atom. The van der Waals surface area contributed by atoms with Crippen molar-refractivity contribution in [1.82, 2.24) is 10.6 Å². The number of carbonyl (C=O) groups excluding carboxylic acids is 3. The van der Waals surface area contributed by atoms with Crippen molar-refractivity contribution in [2.45, 2.75) is 44.8 Å². The van der Waals surface area contributed by atoms with Crippen molar-refractivity contribution in [1.29, 1.82) is 0 Å². The maximum absolute atomic E-state index is 14.1. The zero-order chi connectivity index (χ0) is 30.6. The minimum Gasteiger partial charge on any atom is -0.494 e. The van der Waals surface area contributed by atoms with Gasteiger partial charge in [0, 0.05) is 25.1 Å². The summed E-state index contributed by atoms with van der Waals surface area (Å²) in [4.78, 5) is 40.0. The quantitative estimate of drug-likeness (QED) is 0.179. The highest BCUT2D eigenvalue weighted by Gasteiger charge is 2.29. The number of primary amides is 1. The maximum atomic E-state index is 14.1. The van der Waals surface area contributed by atoms with Gasteiger partial charge in [0.15, 0.2) is 0 Å². The van der Waals surface area contributed by atoms with E-state index in [2.05, 4.69) is 10.6 Å². The minimum atomic E-state index is -0.859. The lowest BCUT2D eigenvalue weighted by atomic mass is 9.87. The van der Waals surface area contributed by atoms with Crippen molar-refractivity contribution in [3.8, 4) is 5.75 Å². The zero-order valence-corrected chi connectivity index (χ0v) is 24.3. The summed E-state index contributed by atoms with van der Waals surface area (Å²) in [5, 5.41) is 5.96. The molecule has 0 saturated carbocycles. The molecule has 0 bridgehead atoms. The Hall–Kier alpha value is -4.95. The second-order valence-electron chi connectivity index (χ2n) is 10.3. The first kappa shape index (κ1) is 31.0. The Morgan fingerprint density at radius 2 is 1.33 bits per heavy atom. The Morgan fingerprint density at radius 1 is 0.721 bits per heavy atom. The summed E-state index contributed by atoms with van der Waals surface area (Å²) < 4.78 is 5.56. The van der Waals surface area contributed by atoms with E-state index in [1.165, 1.54) is 0 Å². The molecule has 4 aromatic carbocycles. The first-order valence-corrected chi connectivity index (χ1v) is 14.4. The molecule has 0 saturated heterocycles. The van der Waals surface area contributed by atoms with Gasteiger partial charge < -0.3 is 26.8 Å². The molecule has 3 amide bonds. The van der Waals surface area contributed by atoms with Crippen LogP contribution in [-0.2, 0) is 35.5 Å². The fourth-order valence-corrected chi connectivity index (χ4v) is 4.93.